The van der Waals surface area contributed by atoms with Crippen LogP contribution >= 0.6 is 0 Å². The van der Waals surface area contributed by atoms with Crippen LogP contribution in [0.15, 0.2) is 22.8 Å². The number of carbonyl (C=O) groups excluding carboxylic acids is 1. The van der Waals surface area contributed by atoms with E-state index in [0.29, 0.717) is 17.6 Å². The Morgan fingerprint density at radius 1 is 0.931 bits per heavy atom. The van der Waals surface area contributed by atoms with Gasteiger partial charge in [0.25, 0.3) is 0 Å². The van der Waals surface area contributed by atoms with Gasteiger partial charge in [0, 0.05) is 24.7 Å². The number of fused-ring (bicyclic) bond motifs is 4. The van der Waals surface area contributed by atoms with Crippen LogP contribution in [0.5, 0.6) is 0 Å². The summed E-state index contributed by atoms with van der Waals surface area (Å²) >= 11 is 0. The summed E-state index contributed by atoms with van der Waals surface area (Å²) in [6.45, 7) is 15.7. The minimum absolute atomic E-state index is 0.0696. The molecule has 1 saturated heterocycles. The summed E-state index contributed by atoms with van der Waals surface area (Å²) in [5.41, 5.74) is 4.71. The molecule has 0 aromatic heterocycles. The van der Waals surface area contributed by atoms with Gasteiger partial charge >= 0.3 is 0 Å². The molecule has 0 bridgehead atoms. The Hall–Kier alpha value is -0.930. The van der Waals surface area contributed by atoms with Crippen molar-refractivity contribution in [2.75, 3.05) is 13.2 Å². The van der Waals surface area contributed by atoms with Crippen LogP contribution in [0.2, 0.25) is 0 Å². The van der Waals surface area contributed by atoms with E-state index in [1.807, 2.05) is 41.5 Å². The molecule has 3 unspecified atom stereocenters. The van der Waals surface area contributed by atoms with Crippen LogP contribution in [0, 0.1) is 17.3 Å². The molecule has 0 aromatic rings. The van der Waals surface area contributed by atoms with Crippen molar-refractivity contribution >= 4 is 5.78 Å². The third kappa shape index (κ3) is 4.28. The highest BCUT2D eigenvalue weighted by molar-refractivity contribution is 5.87. The molecule has 5 rings (SSSR count). The van der Waals surface area contributed by atoms with Crippen molar-refractivity contribution < 1.29 is 14.3 Å². The van der Waals surface area contributed by atoms with E-state index in [9.17, 15) is 4.79 Å². The Labute approximate surface area is 179 Å². The van der Waals surface area contributed by atoms with E-state index < -0.39 is 0 Å². The number of ether oxygens (including phenoxy) is 2. The third-order valence-electron chi connectivity index (χ3n) is 7.35. The van der Waals surface area contributed by atoms with Crippen LogP contribution in [-0.4, -0.2) is 24.8 Å². The zero-order valence-electron chi connectivity index (χ0n) is 20.0. The van der Waals surface area contributed by atoms with Gasteiger partial charge in [0.05, 0.1) is 13.2 Å². The lowest BCUT2D eigenvalue weighted by Gasteiger charge is -2.46. The highest BCUT2D eigenvalue weighted by atomic mass is 16.7. The average molecular weight is 405 g/mol. The van der Waals surface area contributed by atoms with Crippen molar-refractivity contribution in [3.63, 3.8) is 0 Å². The summed E-state index contributed by atoms with van der Waals surface area (Å²) < 4.78 is 11.9. The third-order valence-corrected chi connectivity index (χ3v) is 7.35. The normalized spacial score (nSPS) is 33.6. The SMILES string of the molecule is CC.CC.CC.CC12CC=C3C4=C(CCC3C1CCC2=O)CC1(CC4)OCCO1. The van der Waals surface area contributed by atoms with Gasteiger partial charge in [0.2, 0.25) is 0 Å². The number of rotatable bonds is 0. The van der Waals surface area contributed by atoms with E-state index >= 15 is 0 Å². The Balaban J connectivity index is 0.000000461. The van der Waals surface area contributed by atoms with Crippen LogP contribution in [0.3, 0.4) is 0 Å². The first-order valence-electron chi connectivity index (χ1n) is 12.3. The van der Waals surface area contributed by atoms with Crippen molar-refractivity contribution in [3.05, 3.63) is 22.8 Å². The Kier molecular flexibility index (Phi) is 8.72. The maximum absolute atomic E-state index is 12.4. The fourth-order valence-corrected chi connectivity index (χ4v) is 6.08. The fraction of sp³-hybridized carbons (Fsp3) is 0.808. The van der Waals surface area contributed by atoms with Crippen LogP contribution in [0.1, 0.15) is 99.8 Å². The number of hydrogen-bond acceptors (Lipinski definition) is 3. The number of Topliss-reactive ketones (excluding diaryl/α,β-unsaturated/α-hetero) is 1. The average Bonchev–Trinajstić information content (AvgIpc) is 3.36. The molecule has 2 fully saturated rings. The number of ketones is 1. The fourth-order valence-electron chi connectivity index (χ4n) is 6.08. The number of carbonyl (C=O) groups is 1. The molecule has 0 N–H and O–H groups in total. The first-order chi connectivity index (χ1) is 14.1. The van der Waals surface area contributed by atoms with Crippen LogP contribution < -0.4 is 0 Å². The van der Waals surface area contributed by atoms with Gasteiger partial charge < -0.3 is 9.47 Å². The molecule has 1 aliphatic heterocycles. The molecule has 0 radical (unpaired) electrons. The second-order valence-corrected chi connectivity index (χ2v) is 8.36. The molecule has 3 nitrogen and oxygen atoms in total. The van der Waals surface area contributed by atoms with Crippen LogP contribution in [0.4, 0.5) is 0 Å². The molecule has 4 aliphatic carbocycles. The summed E-state index contributed by atoms with van der Waals surface area (Å²) in [6, 6.07) is 0. The summed E-state index contributed by atoms with van der Waals surface area (Å²) in [6.07, 6.45) is 10.7. The maximum atomic E-state index is 12.4. The summed E-state index contributed by atoms with van der Waals surface area (Å²) in [4.78, 5) is 12.4. The van der Waals surface area contributed by atoms with Crippen molar-refractivity contribution in [1.82, 2.24) is 0 Å². The first-order valence-corrected chi connectivity index (χ1v) is 12.3. The predicted octanol–water partition coefficient (Wildman–Crippen LogP) is 7.01. The molecular weight excluding hydrogens is 360 g/mol. The van der Waals surface area contributed by atoms with Crippen molar-refractivity contribution in [2.24, 2.45) is 17.3 Å². The molecule has 0 amide bonds. The second kappa shape index (κ2) is 10.4. The smallest absolute Gasteiger partial charge is 0.172 e. The lowest BCUT2D eigenvalue weighted by molar-refractivity contribution is -0.164. The lowest BCUT2D eigenvalue weighted by atomic mass is 9.58. The summed E-state index contributed by atoms with van der Waals surface area (Å²) in [5.74, 6) is 1.41. The van der Waals surface area contributed by atoms with Crippen molar-refractivity contribution in [2.45, 2.75) is 106 Å². The van der Waals surface area contributed by atoms with Gasteiger partial charge in [-0.2, -0.15) is 0 Å². The lowest BCUT2D eigenvalue weighted by Crippen LogP contribution is -2.41. The summed E-state index contributed by atoms with van der Waals surface area (Å²) in [5, 5.41) is 0. The molecule has 5 aliphatic rings. The van der Waals surface area contributed by atoms with E-state index in [0.717, 1.165) is 51.7 Å². The predicted molar refractivity (Wildman–Crippen MR) is 121 cm³/mol. The molecule has 0 aromatic carbocycles. The van der Waals surface area contributed by atoms with Gasteiger partial charge in [0.15, 0.2) is 5.79 Å². The van der Waals surface area contributed by atoms with Crippen LogP contribution in [0.25, 0.3) is 0 Å². The Bertz CT molecular complexity index is 624. The van der Waals surface area contributed by atoms with E-state index in [-0.39, 0.29) is 11.2 Å². The van der Waals surface area contributed by atoms with E-state index in [1.54, 1.807) is 16.7 Å². The van der Waals surface area contributed by atoms with Crippen molar-refractivity contribution in [3.8, 4) is 0 Å². The molecule has 1 heterocycles. The van der Waals surface area contributed by atoms with E-state index in [2.05, 4.69) is 13.0 Å². The zero-order valence-corrected chi connectivity index (χ0v) is 20.0. The minimum Gasteiger partial charge on any atom is -0.347 e. The van der Waals surface area contributed by atoms with E-state index in [4.69, 9.17) is 9.47 Å². The van der Waals surface area contributed by atoms with Crippen LogP contribution in [-0.2, 0) is 14.3 Å². The van der Waals surface area contributed by atoms with Gasteiger partial charge in [-0.3, -0.25) is 4.79 Å². The highest BCUT2D eigenvalue weighted by Crippen LogP contribution is 2.58. The maximum Gasteiger partial charge on any atom is 0.172 e. The molecular formula is C26H44O3. The largest absolute Gasteiger partial charge is 0.347 e. The van der Waals surface area contributed by atoms with Gasteiger partial charge in [-0.1, -0.05) is 60.1 Å². The minimum atomic E-state index is -0.307. The molecule has 3 atom stereocenters. The van der Waals surface area contributed by atoms with Gasteiger partial charge in [-0.25, -0.2) is 0 Å². The van der Waals surface area contributed by atoms with Gasteiger partial charge in [-0.05, 0) is 55.1 Å². The number of allylic oxidation sites excluding steroid dienone is 3. The Morgan fingerprint density at radius 3 is 2.24 bits per heavy atom. The van der Waals surface area contributed by atoms with Gasteiger partial charge in [-0.15, -0.1) is 0 Å². The second-order valence-electron chi connectivity index (χ2n) is 8.36. The molecule has 3 heteroatoms. The van der Waals surface area contributed by atoms with Crippen molar-refractivity contribution in [1.29, 1.82) is 0 Å². The molecule has 1 saturated carbocycles. The quantitative estimate of drug-likeness (QED) is 0.435. The highest BCUT2D eigenvalue weighted by Gasteiger charge is 2.53. The first kappa shape index (κ1) is 24.3. The van der Waals surface area contributed by atoms with Gasteiger partial charge in [0.1, 0.15) is 5.78 Å². The summed E-state index contributed by atoms with van der Waals surface area (Å²) in [7, 11) is 0. The topological polar surface area (TPSA) is 35.5 Å². The Morgan fingerprint density at radius 2 is 1.59 bits per heavy atom. The molecule has 29 heavy (non-hydrogen) atoms. The standard InChI is InChI=1S/C20H26O3.3C2H6/c1-19-8-6-15-14-7-9-20(22-10-11-23-20)12-13(14)2-3-16(15)17(19)4-5-18(19)21;3*1-2/h6,16-17H,2-5,7-12H2,1H3;3*1-2H3. The van der Waals surface area contributed by atoms with E-state index in [1.165, 1.54) is 12.8 Å². The number of hydrogen-bond donors (Lipinski definition) is 0. The monoisotopic (exact) mass is 404 g/mol. The zero-order chi connectivity index (χ0) is 21.7. The molecule has 166 valence electrons. The molecule has 1 spiro atoms.